The average Bonchev–Trinajstić information content (AvgIpc) is 2.96. The van der Waals surface area contributed by atoms with Crippen LogP contribution >= 0.6 is 0 Å². The van der Waals surface area contributed by atoms with E-state index in [4.69, 9.17) is 9.47 Å². The molecule has 1 aliphatic heterocycles. The van der Waals surface area contributed by atoms with Crippen LogP contribution in [0.15, 0.2) is 17.2 Å². The number of aromatic nitrogens is 4. The number of rotatable bonds is 6. The Labute approximate surface area is 159 Å². The zero-order valence-corrected chi connectivity index (χ0v) is 16.9. The molecule has 0 amide bonds. The fourth-order valence-corrected chi connectivity index (χ4v) is 5.25. The quantitative estimate of drug-likeness (QED) is 0.731. The van der Waals surface area contributed by atoms with Crippen LogP contribution in [0.2, 0.25) is 0 Å². The van der Waals surface area contributed by atoms with Gasteiger partial charge in [-0.25, -0.2) is 13.4 Å². The molecule has 2 aromatic heterocycles. The van der Waals surface area contributed by atoms with Crippen LogP contribution in [0.3, 0.4) is 0 Å². The largest absolute Gasteiger partial charge is 0.473 e. The van der Waals surface area contributed by atoms with E-state index < -0.39 is 10.0 Å². The van der Waals surface area contributed by atoms with Crippen LogP contribution in [0, 0.1) is 13.8 Å². The molecule has 1 saturated heterocycles. The molecule has 0 radical (unpaired) electrons. The second-order valence-corrected chi connectivity index (χ2v) is 8.32. The van der Waals surface area contributed by atoms with Gasteiger partial charge in [0.2, 0.25) is 15.9 Å². The van der Waals surface area contributed by atoms with E-state index in [9.17, 15) is 8.42 Å². The van der Waals surface area contributed by atoms with Crippen molar-refractivity contribution < 1.29 is 17.9 Å². The van der Waals surface area contributed by atoms with E-state index >= 15 is 0 Å². The Kier molecular flexibility index (Phi) is 5.66. The number of hydrogen-bond donors (Lipinski definition) is 0. The predicted octanol–water partition coefficient (Wildman–Crippen LogP) is 1.55. The first kappa shape index (κ1) is 19.6. The van der Waals surface area contributed by atoms with Crippen molar-refractivity contribution in [2.75, 3.05) is 20.2 Å². The number of hydrogen-bond acceptors (Lipinski definition) is 7. The van der Waals surface area contributed by atoms with Gasteiger partial charge in [0.25, 0.3) is 0 Å². The van der Waals surface area contributed by atoms with Gasteiger partial charge in [0.15, 0.2) is 0 Å². The maximum atomic E-state index is 13.2. The van der Waals surface area contributed by atoms with Crippen molar-refractivity contribution >= 4 is 10.0 Å². The van der Waals surface area contributed by atoms with E-state index in [1.807, 2.05) is 6.92 Å². The molecule has 3 heterocycles. The summed E-state index contributed by atoms with van der Waals surface area (Å²) in [6.45, 7) is 6.83. The van der Waals surface area contributed by atoms with Crippen LogP contribution in [-0.4, -0.2) is 58.8 Å². The van der Waals surface area contributed by atoms with E-state index in [1.165, 1.54) is 11.4 Å². The normalized spacial score (nSPS) is 18.4. The molecule has 0 aliphatic carbocycles. The van der Waals surface area contributed by atoms with E-state index in [0.29, 0.717) is 41.7 Å². The van der Waals surface area contributed by atoms with Crippen LogP contribution < -0.4 is 9.47 Å². The van der Waals surface area contributed by atoms with Crippen LogP contribution in [0.1, 0.15) is 31.2 Å². The Balaban J connectivity index is 1.80. The monoisotopic (exact) mass is 395 g/mol. The highest BCUT2D eigenvalue weighted by Crippen LogP contribution is 2.27. The van der Waals surface area contributed by atoms with Gasteiger partial charge in [0, 0.05) is 25.4 Å². The molecular formula is C17H25N5O4S. The van der Waals surface area contributed by atoms with Crippen LogP contribution in [0.5, 0.6) is 11.9 Å². The zero-order valence-electron chi connectivity index (χ0n) is 16.0. The van der Waals surface area contributed by atoms with Crippen molar-refractivity contribution in [1.29, 1.82) is 0 Å². The maximum Gasteiger partial charge on any atom is 0.319 e. The van der Waals surface area contributed by atoms with Gasteiger partial charge in [-0.15, -0.1) is 0 Å². The Morgan fingerprint density at radius 1 is 1.33 bits per heavy atom. The summed E-state index contributed by atoms with van der Waals surface area (Å²) < 4.78 is 40.5. The van der Waals surface area contributed by atoms with Gasteiger partial charge in [-0.3, -0.25) is 4.68 Å². The fraction of sp³-hybridized carbons (Fsp3) is 0.588. The molecule has 9 nitrogen and oxygen atoms in total. The van der Waals surface area contributed by atoms with Gasteiger partial charge >= 0.3 is 6.01 Å². The number of ether oxygens (including phenoxy) is 2. The topological polar surface area (TPSA) is 99.4 Å². The lowest BCUT2D eigenvalue weighted by Gasteiger charge is -2.31. The number of sulfonamides is 1. The molecule has 3 rings (SSSR count). The lowest BCUT2D eigenvalue weighted by atomic mass is 10.1. The molecule has 27 heavy (non-hydrogen) atoms. The Hall–Kier alpha value is -2.20. The second-order valence-electron chi connectivity index (χ2n) is 6.44. The first-order valence-electron chi connectivity index (χ1n) is 8.94. The van der Waals surface area contributed by atoms with Crippen LogP contribution in [0.25, 0.3) is 0 Å². The fourth-order valence-electron chi connectivity index (χ4n) is 3.37. The highest BCUT2D eigenvalue weighted by Gasteiger charge is 2.35. The molecule has 0 N–H and O–H groups in total. The molecule has 148 valence electrons. The number of piperidine rings is 1. The lowest BCUT2D eigenvalue weighted by molar-refractivity contribution is 0.123. The summed E-state index contributed by atoms with van der Waals surface area (Å²) >= 11 is 0. The second kappa shape index (κ2) is 7.81. The molecular weight excluding hydrogens is 370 g/mol. The van der Waals surface area contributed by atoms with Crippen LogP contribution in [0.4, 0.5) is 0 Å². The van der Waals surface area contributed by atoms with Crippen molar-refractivity contribution in [3.8, 4) is 11.9 Å². The van der Waals surface area contributed by atoms with Crippen molar-refractivity contribution in [3.05, 3.63) is 23.7 Å². The number of methoxy groups -OCH3 is 1. The molecule has 0 aromatic carbocycles. The Bertz CT molecular complexity index is 912. The predicted molar refractivity (Wildman–Crippen MR) is 98.4 cm³/mol. The molecule has 1 fully saturated rings. The molecule has 2 aromatic rings. The maximum absolute atomic E-state index is 13.2. The number of aryl methyl sites for hydroxylation is 2. The SMILES string of the molecule is CCn1nc(C)c(S(=O)(=O)N2CCCC(Oc3ccnc(OC)n3)C2)c1C. The number of nitrogens with zero attached hydrogens (tertiary/aromatic N) is 5. The minimum atomic E-state index is -3.64. The van der Waals surface area contributed by atoms with Crippen molar-refractivity contribution in [2.24, 2.45) is 0 Å². The lowest BCUT2D eigenvalue weighted by Crippen LogP contribution is -2.44. The van der Waals surface area contributed by atoms with Crippen molar-refractivity contribution in [2.45, 2.75) is 51.2 Å². The van der Waals surface area contributed by atoms with Gasteiger partial charge in [0.05, 0.1) is 25.0 Å². The third kappa shape index (κ3) is 3.91. The van der Waals surface area contributed by atoms with Crippen molar-refractivity contribution in [1.82, 2.24) is 24.1 Å². The van der Waals surface area contributed by atoms with Gasteiger partial charge in [0.1, 0.15) is 11.0 Å². The third-order valence-electron chi connectivity index (χ3n) is 4.63. The van der Waals surface area contributed by atoms with E-state index in [0.717, 1.165) is 6.42 Å². The Morgan fingerprint density at radius 2 is 2.11 bits per heavy atom. The standard InChI is InChI=1S/C17H25N5O4S/c1-5-22-13(3)16(12(2)20-22)27(23,24)21-10-6-7-14(11-21)26-15-8-9-18-17(19-15)25-4/h8-9,14H,5-7,10-11H2,1-4H3. The summed E-state index contributed by atoms with van der Waals surface area (Å²) in [5.74, 6) is 0.372. The minimum Gasteiger partial charge on any atom is -0.473 e. The van der Waals surface area contributed by atoms with Gasteiger partial charge in [-0.05, 0) is 33.6 Å². The summed E-state index contributed by atoms with van der Waals surface area (Å²) in [7, 11) is -2.16. The molecule has 1 aliphatic rings. The van der Waals surface area contributed by atoms with E-state index in [2.05, 4.69) is 15.1 Å². The smallest absolute Gasteiger partial charge is 0.319 e. The third-order valence-corrected chi connectivity index (χ3v) is 6.75. The summed E-state index contributed by atoms with van der Waals surface area (Å²) in [6.07, 6.45) is 2.73. The summed E-state index contributed by atoms with van der Waals surface area (Å²) in [6, 6.07) is 1.85. The Morgan fingerprint density at radius 3 is 2.78 bits per heavy atom. The van der Waals surface area contributed by atoms with E-state index in [-0.39, 0.29) is 18.7 Å². The molecule has 0 spiro atoms. The van der Waals surface area contributed by atoms with Crippen molar-refractivity contribution in [3.63, 3.8) is 0 Å². The van der Waals surface area contributed by atoms with Gasteiger partial charge in [-0.2, -0.15) is 14.4 Å². The molecule has 10 heteroatoms. The summed E-state index contributed by atoms with van der Waals surface area (Å²) in [5, 5.41) is 4.34. The molecule has 1 atom stereocenters. The molecule has 1 unspecified atom stereocenters. The molecule has 0 bridgehead atoms. The highest BCUT2D eigenvalue weighted by molar-refractivity contribution is 7.89. The minimum absolute atomic E-state index is 0.214. The van der Waals surface area contributed by atoms with Crippen LogP contribution in [-0.2, 0) is 16.6 Å². The van der Waals surface area contributed by atoms with E-state index in [1.54, 1.807) is 30.8 Å². The first-order valence-corrected chi connectivity index (χ1v) is 10.4. The first-order chi connectivity index (χ1) is 12.9. The average molecular weight is 395 g/mol. The van der Waals surface area contributed by atoms with Gasteiger partial charge < -0.3 is 9.47 Å². The summed E-state index contributed by atoms with van der Waals surface area (Å²) in [4.78, 5) is 8.38. The summed E-state index contributed by atoms with van der Waals surface area (Å²) in [5.41, 5.74) is 1.19. The zero-order chi connectivity index (χ0) is 19.6. The highest BCUT2D eigenvalue weighted by atomic mass is 32.2. The van der Waals surface area contributed by atoms with Gasteiger partial charge in [-0.1, -0.05) is 0 Å². The molecule has 0 saturated carbocycles.